The van der Waals surface area contributed by atoms with Crippen LogP contribution >= 0.6 is 0 Å². The van der Waals surface area contributed by atoms with Gasteiger partial charge in [0.25, 0.3) is 0 Å². The molecule has 0 bridgehead atoms. The number of hydrogen-bond acceptors (Lipinski definition) is 5. The second kappa shape index (κ2) is 5.35. The highest BCUT2D eigenvalue weighted by molar-refractivity contribution is 5.88. The minimum absolute atomic E-state index is 0.160. The number of esters is 1. The van der Waals surface area contributed by atoms with Crippen LogP contribution in [-0.2, 0) is 4.74 Å². The quantitative estimate of drug-likeness (QED) is 0.840. The molecule has 0 aliphatic heterocycles. The predicted octanol–water partition coefficient (Wildman–Crippen LogP) is 2.90. The SMILES string of the molecule is CCOC(=O)c1cc(Nc2ccccc2C)on1. The van der Waals surface area contributed by atoms with Crippen molar-refractivity contribution in [1.29, 1.82) is 0 Å². The first kappa shape index (κ1) is 12.2. The molecule has 0 amide bonds. The molecular weight excluding hydrogens is 232 g/mol. The number of para-hydroxylation sites is 1. The number of nitrogens with zero attached hydrogens (tertiary/aromatic N) is 1. The van der Waals surface area contributed by atoms with Gasteiger partial charge in [-0.2, -0.15) is 0 Å². The highest BCUT2D eigenvalue weighted by atomic mass is 16.5. The van der Waals surface area contributed by atoms with Crippen molar-refractivity contribution >= 4 is 17.5 Å². The van der Waals surface area contributed by atoms with Crippen molar-refractivity contribution in [3.63, 3.8) is 0 Å². The summed E-state index contributed by atoms with van der Waals surface area (Å²) < 4.78 is 9.86. The van der Waals surface area contributed by atoms with Gasteiger partial charge in [-0.25, -0.2) is 4.79 Å². The second-order valence-electron chi connectivity index (χ2n) is 3.74. The van der Waals surface area contributed by atoms with E-state index in [4.69, 9.17) is 9.26 Å². The lowest BCUT2D eigenvalue weighted by Gasteiger charge is -2.04. The van der Waals surface area contributed by atoms with Crippen molar-refractivity contribution in [3.8, 4) is 0 Å². The zero-order valence-electron chi connectivity index (χ0n) is 10.3. The van der Waals surface area contributed by atoms with Gasteiger partial charge in [0.05, 0.1) is 6.61 Å². The predicted molar refractivity (Wildman–Crippen MR) is 66.9 cm³/mol. The van der Waals surface area contributed by atoms with Gasteiger partial charge in [0.1, 0.15) is 0 Å². The summed E-state index contributed by atoms with van der Waals surface area (Å²) in [5, 5.41) is 6.70. The van der Waals surface area contributed by atoms with Crippen LogP contribution < -0.4 is 5.32 Å². The minimum Gasteiger partial charge on any atom is -0.461 e. The van der Waals surface area contributed by atoms with E-state index in [0.717, 1.165) is 11.3 Å². The molecular formula is C13H14N2O3. The summed E-state index contributed by atoms with van der Waals surface area (Å²) in [4.78, 5) is 11.4. The molecule has 0 fully saturated rings. The molecule has 0 aliphatic carbocycles. The molecule has 5 heteroatoms. The van der Waals surface area contributed by atoms with Gasteiger partial charge in [-0.15, -0.1) is 0 Å². The summed E-state index contributed by atoms with van der Waals surface area (Å²) in [5.74, 6) is -0.0774. The van der Waals surface area contributed by atoms with Crippen LogP contribution in [0, 0.1) is 6.92 Å². The van der Waals surface area contributed by atoms with Crippen LogP contribution in [0.2, 0.25) is 0 Å². The Kier molecular flexibility index (Phi) is 3.62. The smallest absolute Gasteiger partial charge is 0.360 e. The standard InChI is InChI=1S/C13H14N2O3/c1-3-17-13(16)11-8-12(18-15-11)14-10-7-5-4-6-9(10)2/h4-8,14H,3H2,1-2H3. The first-order valence-corrected chi connectivity index (χ1v) is 5.67. The Morgan fingerprint density at radius 2 is 2.22 bits per heavy atom. The van der Waals surface area contributed by atoms with Gasteiger partial charge in [0.15, 0.2) is 5.69 Å². The van der Waals surface area contributed by atoms with E-state index in [1.165, 1.54) is 6.07 Å². The third kappa shape index (κ3) is 2.68. The molecule has 0 aliphatic rings. The Hall–Kier alpha value is -2.30. The number of aromatic nitrogens is 1. The zero-order valence-corrected chi connectivity index (χ0v) is 10.3. The Bertz CT molecular complexity index is 549. The molecule has 94 valence electrons. The summed E-state index contributed by atoms with van der Waals surface area (Å²) in [6, 6.07) is 9.28. The van der Waals surface area contributed by atoms with Crippen molar-refractivity contribution < 1.29 is 14.1 Å². The molecule has 1 aromatic carbocycles. The number of rotatable bonds is 4. The van der Waals surface area contributed by atoms with E-state index in [2.05, 4.69) is 10.5 Å². The van der Waals surface area contributed by atoms with Crippen molar-refractivity contribution in [2.45, 2.75) is 13.8 Å². The fraction of sp³-hybridized carbons (Fsp3) is 0.231. The maximum atomic E-state index is 11.4. The lowest BCUT2D eigenvalue weighted by molar-refractivity contribution is 0.0514. The number of aryl methyl sites for hydroxylation is 1. The molecule has 0 radical (unpaired) electrons. The van der Waals surface area contributed by atoms with Crippen LogP contribution in [0.25, 0.3) is 0 Å². The summed E-state index contributed by atoms with van der Waals surface area (Å²) in [6.45, 7) is 4.03. The molecule has 0 unspecified atom stereocenters. The Balaban J connectivity index is 2.12. The van der Waals surface area contributed by atoms with Crippen molar-refractivity contribution in [1.82, 2.24) is 5.16 Å². The van der Waals surface area contributed by atoms with Crippen LogP contribution in [0.1, 0.15) is 23.0 Å². The van der Waals surface area contributed by atoms with Crippen molar-refractivity contribution in [2.75, 3.05) is 11.9 Å². The van der Waals surface area contributed by atoms with E-state index < -0.39 is 5.97 Å². The van der Waals surface area contributed by atoms with E-state index in [0.29, 0.717) is 12.5 Å². The van der Waals surface area contributed by atoms with Gasteiger partial charge in [0, 0.05) is 11.8 Å². The van der Waals surface area contributed by atoms with E-state index in [-0.39, 0.29) is 5.69 Å². The fourth-order valence-corrected chi connectivity index (χ4v) is 1.48. The zero-order chi connectivity index (χ0) is 13.0. The molecule has 18 heavy (non-hydrogen) atoms. The van der Waals surface area contributed by atoms with Crippen LogP contribution in [0.5, 0.6) is 0 Å². The Morgan fingerprint density at radius 3 is 2.94 bits per heavy atom. The largest absolute Gasteiger partial charge is 0.461 e. The van der Waals surface area contributed by atoms with Crippen molar-refractivity contribution in [3.05, 3.63) is 41.6 Å². The fourth-order valence-electron chi connectivity index (χ4n) is 1.48. The van der Waals surface area contributed by atoms with Gasteiger partial charge in [0.2, 0.25) is 5.88 Å². The normalized spacial score (nSPS) is 10.1. The number of hydrogen-bond donors (Lipinski definition) is 1. The number of carbonyl (C=O) groups is 1. The van der Waals surface area contributed by atoms with E-state index in [1.54, 1.807) is 6.92 Å². The number of anilines is 2. The maximum Gasteiger partial charge on any atom is 0.360 e. The summed E-state index contributed by atoms with van der Waals surface area (Å²) >= 11 is 0. The number of nitrogens with one attached hydrogen (secondary N) is 1. The molecule has 2 aromatic rings. The first-order valence-electron chi connectivity index (χ1n) is 5.67. The van der Waals surface area contributed by atoms with Crippen LogP contribution in [0.3, 0.4) is 0 Å². The van der Waals surface area contributed by atoms with Crippen LogP contribution in [-0.4, -0.2) is 17.7 Å². The number of ether oxygens (including phenoxy) is 1. The Labute approximate surface area is 105 Å². The third-order valence-corrected chi connectivity index (χ3v) is 2.40. The molecule has 1 N–H and O–H groups in total. The lowest BCUT2D eigenvalue weighted by Crippen LogP contribution is -2.04. The topological polar surface area (TPSA) is 64.4 Å². The van der Waals surface area contributed by atoms with Gasteiger partial charge in [-0.05, 0) is 25.5 Å². The summed E-state index contributed by atoms with van der Waals surface area (Å²) in [6.07, 6.45) is 0. The highest BCUT2D eigenvalue weighted by Gasteiger charge is 2.13. The molecule has 1 heterocycles. The number of benzene rings is 1. The second-order valence-corrected chi connectivity index (χ2v) is 3.74. The average Bonchev–Trinajstić information content (AvgIpc) is 2.81. The van der Waals surface area contributed by atoms with E-state index in [1.807, 2.05) is 31.2 Å². The molecule has 1 aromatic heterocycles. The summed E-state index contributed by atoms with van der Waals surface area (Å²) in [7, 11) is 0. The molecule has 2 rings (SSSR count). The molecule has 0 saturated heterocycles. The molecule has 0 atom stereocenters. The molecule has 0 saturated carbocycles. The van der Waals surface area contributed by atoms with E-state index in [9.17, 15) is 4.79 Å². The van der Waals surface area contributed by atoms with Crippen molar-refractivity contribution in [2.24, 2.45) is 0 Å². The van der Waals surface area contributed by atoms with Crippen LogP contribution in [0.15, 0.2) is 34.9 Å². The Morgan fingerprint density at radius 1 is 1.44 bits per heavy atom. The van der Waals surface area contributed by atoms with Crippen LogP contribution in [0.4, 0.5) is 11.6 Å². The van der Waals surface area contributed by atoms with E-state index >= 15 is 0 Å². The highest BCUT2D eigenvalue weighted by Crippen LogP contribution is 2.20. The third-order valence-electron chi connectivity index (χ3n) is 2.40. The lowest BCUT2D eigenvalue weighted by atomic mass is 10.2. The van der Waals surface area contributed by atoms with Gasteiger partial charge in [-0.3, -0.25) is 0 Å². The molecule has 0 spiro atoms. The monoisotopic (exact) mass is 246 g/mol. The summed E-state index contributed by atoms with van der Waals surface area (Å²) in [5.41, 5.74) is 2.14. The van der Waals surface area contributed by atoms with Gasteiger partial charge >= 0.3 is 5.97 Å². The maximum absolute atomic E-state index is 11.4. The average molecular weight is 246 g/mol. The van der Waals surface area contributed by atoms with Gasteiger partial charge < -0.3 is 14.6 Å². The van der Waals surface area contributed by atoms with Gasteiger partial charge in [-0.1, -0.05) is 23.4 Å². The number of carbonyl (C=O) groups excluding carboxylic acids is 1. The molecule has 5 nitrogen and oxygen atoms in total. The minimum atomic E-state index is -0.487. The first-order chi connectivity index (χ1) is 8.70.